The molecule has 0 spiro atoms. The van der Waals surface area contributed by atoms with E-state index in [1.165, 1.54) is 18.5 Å². The fourth-order valence-electron chi connectivity index (χ4n) is 4.69. The predicted molar refractivity (Wildman–Crippen MR) is 128 cm³/mol. The number of nitrogens with one attached hydrogen (secondary N) is 2. The number of hydrogen-bond donors (Lipinski definition) is 2. The smallest absolute Gasteiger partial charge is 0.291 e. The fourth-order valence-corrected chi connectivity index (χ4v) is 6.80. The van der Waals surface area contributed by atoms with Crippen molar-refractivity contribution in [3.63, 3.8) is 0 Å². The average Bonchev–Trinajstić information content (AvgIpc) is 3.32. The first-order valence-corrected chi connectivity index (χ1v) is 13.7. The van der Waals surface area contributed by atoms with Gasteiger partial charge in [0.1, 0.15) is 11.9 Å². The van der Waals surface area contributed by atoms with Gasteiger partial charge < -0.3 is 5.32 Å². The van der Waals surface area contributed by atoms with E-state index in [1.807, 2.05) is 6.07 Å². The predicted octanol–water partition coefficient (Wildman–Crippen LogP) is 3.16. The minimum absolute atomic E-state index is 0.0458. The largest absolute Gasteiger partial charge is 0.317 e. The molecule has 4 aromatic rings. The first-order valence-electron chi connectivity index (χ1n) is 11.4. The number of hydrogen-bond acceptors (Lipinski definition) is 9. The molecule has 1 aliphatic heterocycles. The summed E-state index contributed by atoms with van der Waals surface area (Å²) in [7, 11) is -4.02. The molecule has 14 heteroatoms. The maximum atomic E-state index is 13.3. The summed E-state index contributed by atoms with van der Waals surface area (Å²) in [5.41, 5.74) is 0.629. The number of fused-ring (bicyclic) bond motifs is 3. The number of alkyl halides is 2. The highest BCUT2D eigenvalue weighted by Crippen LogP contribution is 2.40. The summed E-state index contributed by atoms with van der Waals surface area (Å²) in [6.07, 6.45) is 1.29. The van der Waals surface area contributed by atoms with Crippen molar-refractivity contribution in [2.24, 2.45) is 0 Å². The third-order valence-corrected chi connectivity index (χ3v) is 9.14. The third-order valence-electron chi connectivity index (χ3n) is 6.69. The van der Waals surface area contributed by atoms with E-state index in [4.69, 9.17) is 0 Å². The summed E-state index contributed by atoms with van der Waals surface area (Å²) in [6.45, 7) is 1.69. The number of halogens is 2. The van der Waals surface area contributed by atoms with Gasteiger partial charge in [0.05, 0.1) is 22.2 Å². The van der Waals surface area contributed by atoms with Gasteiger partial charge in [-0.3, -0.25) is 4.57 Å². The van der Waals surface area contributed by atoms with Gasteiger partial charge in [-0.05, 0) is 50.9 Å². The molecule has 2 aliphatic rings. The van der Waals surface area contributed by atoms with Gasteiger partial charge in [-0.1, -0.05) is 17.4 Å². The van der Waals surface area contributed by atoms with Crippen molar-refractivity contribution in [2.75, 3.05) is 13.1 Å². The number of sulfonamides is 1. The van der Waals surface area contributed by atoms with Crippen LogP contribution in [-0.2, 0) is 10.0 Å². The Hall–Kier alpha value is -3.12. The van der Waals surface area contributed by atoms with Gasteiger partial charge >= 0.3 is 0 Å². The lowest BCUT2D eigenvalue weighted by molar-refractivity contribution is 0.150. The molecule has 186 valence electrons. The van der Waals surface area contributed by atoms with Gasteiger partial charge in [-0.25, -0.2) is 27.2 Å². The summed E-state index contributed by atoms with van der Waals surface area (Å²) < 4.78 is 57.0. The zero-order chi connectivity index (χ0) is 25.1. The van der Waals surface area contributed by atoms with Crippen LogP contribution in [0.3, 0.4) is 0 Å². The lowest BCUT2D eigenvalue weighted by Crippen LogP contribution is -2.35. The van der Waals surface area contributed by atoms with Crippen LogP contribution >= 0.6 is 11.3 Å². The van der Waals surface area contributed by atoms with E-state index in [1.54, 1.807) is 10.6 Å². The van der Waals surface area contributed by atoms with Gasteiger partial charge in [0.15, 0.2) is 10.7 Å². The number of rotatable bonds is 6. The van der Waals surface area contributed by atoms with Crippen molar-refractivity contribution in [1.29, 1.82) is 5.26 Å². The molecule has 1 aliphatic carbocycles. The summed E-state index contributed by atoms with van der Waals surface area (Å²) in [6, 6.07) is 6.64. The Labute approximate surface area is 208 Å². The summed E-state index contributed by atoms with van der Waals surface area (Å²) in [4.78, 5) is 9.00. The highest BCUT2D eigenvalue weighted by molar-refractivity contribution is 7.89. The van der Waals surface area contributed by atoms with Crippen LogP contribution in [0.5, 0.6) is 0 Å². The van der Waals surface area contributed by atoms with Gasteiger partial charge in [-0.2, -0.15) is 9.98 Å². The topological polar surface area (TPSA) is 138 Å². The summed E-state index contributed by atoms with van der Waals surface area (Å²) >= 11 is 0.719. The second kappa shape index (κ2) is 8.48. The third kappa shape index (κ3) is 3.83. The zero-order valence-electron chi connectivity index (χ0n) is 18.8. The van der Waals surface area contributed by atoms with Crippen LogP contribution in [-0.4, -0.2) is 51.8 Å². The lowest BCUT2D eigenvalue weighted by atomic mass is 9.92. The Kier molecular flexibility index (Phi) is 5.48. The molecule has 0 radical (unpaired) electrons. The molecule has 36 heavy (non-hydrogen) atoms. The van der Waals surface area contributed by atoms with Crippen LogP contribution in [0.1, 0.15) is 48.7 Å². The molecule has 10 nitrogen and oxygen atoms in total. The van der Waals surface area contributed by atoms with Crippen molar-refractivity contribution >= 4 is 43.3 Å². The highest BCUT2D eigenvalue weighted by Gasteiger charge is 2.46. The Balaban J connectivity index is 1.59. The maximum absolute atomic E-state index is 13.3. The quantitative estimate of drug-likeness (QED) is 0.388. The zero-order valence-corrected chi connectivity index (χ0v) is 20.4. The first kappa shape index (κ1) is 23.3. The molecule has 0 amide bonds. The van der Waals surface area contributed by atoms with Crippen LogP contribution in [0.25, 0.3) is 27.1 Å². The van der Waals surface area contributed by atoms with E-state index in [2.05, 4.69) is 30.2 Å². The van der Waals surface area contributed by atoms with Gasteiger partial charge in [-0.15, -0.1) is 10.2 Å². The molecular formula is C22H20F2N8O2S2. The van der Waals surface area contributed by atoms with Crippen LogP contribution in [0, 0.1) is 11.3 Å². The summed E-state index contributed by atoms with van der Waals surface area (Å²) in [5.74, 6) is 0.164. The van der Waals surface area contributed by atoms with E-state index in [-0.39, 0.29) is 15.9 Å². The molecule has 2 N–H and O–H groups in total. The molecule has 2 fully saturated rings. The minimum Gasteiger partial charge on any atom is -0.317 e. The lowest BCUT2D eigenvalue weighted by Gasteiger charge is -2.22. The van der Waals surface area contributed by atoms with E-state index in [9.17, 15) is 22.5 Å². The molecule has 0 atom stereocenters. The Morgan fingerprint density at radius 3 is 2.67 bits per heavy atom. The standard InChI is InChI=1S/C22H20F2N8O2S2/c23-18(24)20-29-30-21(35-20)32-15-9-13(36(33,34)31-22(10-25)5-6-22)1-2-14(15)16-17(27-11-28-19(16)32)12-3-7-26-8-4-12/h1-2,9,11-12,18,26,31H,3-8H2. The SMILES string of the molecule is N#CC1(NS(=O)(=O)c2ccc3c4c(C5CCNCC5)ncnc4n(-c4nnc(C(F)F)s4)c3c2)CC1. The molecule has 1 aromatic carbocycles. The van der Waals surface area contributed by atoms with E-state index in [0.717, 1.165) is 48.3 Å². The molecule has 4 heterocycles. The van der Waals surface area contributed by atoms with E-state index < -0.39 is 27.0 Å². The van der Waals surface area contributed by atoms with Crippen LogP contribution in [0.15, 0.2) is 29.4 Å². The van der Waals surface area contributed by atoms with Gasteiger partial charge in [0.25, 0.3) is 6.43 Å². The molecule has 1 saturated carbocycles. The molecule has 3 aromatic heterocycles. The number of aromatic nitrogens is 5. The molecule has 0 bridgehead atoms. The number of nitriles is 1. The van der Waals surface area contributed by atoms with Crippen LogP contribution in [0.2, 0.25) is 0 Å². The molecule has 0 unspecified atom stereocenters. The number of piperidine rings is 1. The van der Waals surface area contributed by atoms with Crippen molar-refractivity contribution in [1.82, 2.24) is 34.8 Å². The molecule has 1 saturated heterocycles. The Morgan fingerprint density at radius 1 is 1.22 bits per heavy atom. The van der Waals surface area contributed by atoms with Crippen molar-refractivity contribution in [3.05, 3.63) is 35.2 Å². The Morgan fingerprint density at radius 2 is 2.00 bits per heavy atom. The average molecular weight is 531 g/mol. The van der Waals surface area contributed by atoms with Crippen molar-refractivity contribution in [2.45, 2.75) is 48.5 Å². The van der Waals surface area contributed by atoms with Crippen molar-refractivity contribution < 1.29 is 17.2 Å². The Bertz CT molecular complexity index is 1630. The van der Waals surface area contributed by atoms with E-state index >= 15 is 0 Å². The number of nitrogens with zero attached hydrogens (tertiary/aromatic N) is 6. The first-order chi connectivity index (χ1) is 17.3. The van der Waals surface area contributed by atoms with Crippen LogP contribution in [0.4, 0.5) is 8.78 Å². The van der Waals surface area contributed by atoms with Crippen LogP contribution < -0.4 is 10.0 Å². The minimum atomic E-state index is -4.02. The fraction of sp³-hybridized carbons (Fsp3) is 0.409. The van der Waals surface area contributed by atoms with Gasteiger partial charge in [0, 0.05) is 16.7 Å². The van der Waals surface area contributed by atoms with Gasteiger partial charge in [0.2, 0.25) is 15.2 Å². The summed E-state index contributed by atoms with van der Waals surface area (Å²) in [5, 5.41) is 21.4. The normalized spacial score (nSPS) is 18.2. The molecular weight excluding hydrogens is 510 g/mol. The van der Waals surface area contributed by atoms with Crippen molar-refractivity contribution in [3.8, 4) is 11.2 Å². The van der Waals surface area contributed by atoms with E-state index in [0.29, 0.717) is 29.4 Å². The second-order valence-electron chi connectivity index (χ2n) is 9.02. The maximum Gasteiger partial charge on any atom is 0.291 e. The molecule has 6 rings (SSSR count). The highest BCUT2D eigenvalue weighted by atomic mass is 32.2. The second-order valence-corrected chi connectivity index (χ2v) is 11.7. The monoisotopic (exact) mass is 530 g/mol. The number of benzene rings is 1.